The van der Waals surface area contributed by atoms with Crippen molar-refractivity contribution in [3.63, 3.8) is 0 Å². The zero-order chi connectivity index (χ0) is 17.5. The van der Waals surface area contributed by atoms with Crippen LogP contribution < -0.4 is 10.1 Å². The first-order chi connectivity index (χ1) is 11.2. The summed E-state index contributed by atoms with van der Waals surface area (Å²) in [6.07, 6.45) is 3.41. The van der Waals surface area contributed by atoms with Crippen LogP contribution in [-0.2, 0) is 0 Å². The first-order valence-electron chi connectivity index (χ1n) is 8.92. The van der Waals surface area contributed by atoms with E-state index in [2.05, 4.69) is 39.1 Å². The predicted molar refractivity (Wildman–Crippen MR) is 96.2 cm³/mol. The largest absolute Gasteiger partial charge is 0.473 e. The molecule has 2 amide bonds. The number of amides is 2. The van der Waals surface area contributed by atoms with Gasteiger partial charge in [-0.2, -0.15) is 0 Å². The molecule has 1 saturated carbocycles. The molecule has 1 aromatic rings. The minimum Gasteiger partial charge on any atom is -0.473 e. The van der Waals surface area contributed by atoms with Crippen LogP contribution in [0.1, 0.15) is 51.2 Å². The van der Waals surface area contributed by atoms with E-state index in [-0.39, 0.29) is 18.2 Å². The number of hydrogen-bond donors (Lipinski definition) is 1. The van der Waals surface area contributed by atoms with E-state index in [1.807, 2.05) is 24.0 Å². The van der Waals surface area contributed by atoms with Crippen molar-refractivity contribution >= 4 is 6.03 Å². The van der Waals surface area contributed by atoms with Crippen molar-refractivity contribution in [2.24, 2.45) is 10.8 Å². The minimum atomic E-state index is 0.00573. The van der Waals surface area contributed by atoms with Crippen molar-refractivity contribution in [1.29, 1.82) is 0 Å². The van der Waals surface area contributed by atoms with Crippen LogP contribution in [0.25, 0.3) is 0 Å². The Bertz CT molecular complexity index is 641. The second-order valence-electron chi connectivity index (χ2n) is 8.88. The molecule has 1 heterocycles. The molecular formula is C20H30N2O2. The first-order valence-corrected chi connectivity index (χ1v) is 8.92. The van der Waals surface area contributed by atoms with E-state index in [1.54, 1.807) is 0 Å². The van der Waals surface area contributed by atoms with Crippen molar-refractivity contribution in [1.82, 2.24) is 10.2 Å². The van der Waals surface area contributed by atoms with Crippen molar-refractivity contribution in [3.05, 3.63) is 29.3 Å². The van der Waals surface area contributed by atoms with Gasteiger partial charge in [0.25, 0.3) is 0 Å². The Balaban J connectivity index is 1.56. The van der Waals surface area contributed by atoms with E-state index in [4.69, 9.17) is 4.74 Å². The maximum atomic E-state index is 12.6. The minimum absolute atomic E-state index is 0.00573. The number of aryl methyl sites for hydroxylation is 2. The van der Waals surface area contributed by atoms with Gasteiger partial charge in [-0.15, -0.1) is 0 Å². The van der Waals surface area contributed by atoms with Crippen molar-refractivity contribution < 1.29 is 9.53 Å². The molecule has 0 radical (unpaired) electrons. The van der Waals surface area contributed by atoms with E-state index in [9.17, 15) is 4.79 Å². The Morgan fingerprint density at radius 1 is 1.29 bits per heavy atom. The zero-order valence-corrected chi connectivity index (χ0v) is 15.6. The molecule has 24 heavy (non-hydrogen) atoms. The van der Waals surface area contributed by atoms with Gasteiger partial charge < -0.3 is 15.0 Å². The predicted octanol–water partition coefficient (Wildman–Crippen LogP) is 4.25. The van der Waals surface area contributed by atoms with E-state index >= 15 is 0 Å². The highest BCUT2D eigenvalue weighted by Crippen LogP contribution is 2.52. The van der Waals surface area contributed by atoms with Gasteiger partial charge in [0.2, 0.25) is 0 Å². The fourth-order valence-electron chi connectivity index (χ4n) is 4.94. The highest BCUT2D eigenvalue weighted by atomic mass is 16.5. The number of hydrogen-bond acceptors (Lipinski definition) is 2. The molecule has 0 spiro atoms. The van der Waals surface area contributed by atoms with E-state index < -0.39 is 0 Å². The van der Waals surface area contributed by atoms with Gasteiger partial charge in [0.15, 0.2) is 6.73 Å². The number of ether oxygens (including phenoxy) is 1. The normalized spacial score (nSPS) is 27.9. The zero-order valence-electron chi connectivity index (χ0n) is 15.6. The van der Waals surface area contributed by atoms with Gasteiger partial charge in [-0.1, -0.05) is 38.5 Å². The number of nitrogens with one attached hydrogen (secondary N) is 1. The lowest BCUT2D eigenvalue weighted by Gasteiger charge is -2.39. The average molecular weight is 330 g/mol. The lowest BCUT2D eigenvalue weighted by molar-refractivity contribution is 0.128. The molecule has 132 valence electrons. The van der Waals surface area contributed by atoms with Crippen molar-refractivity contribution in [2.45, 2.75) is 59.9 Å². The molecule has 1 N–H and O–H groups in total. The molecule has 2 fully saturated rings. The van der Waals surface area contributed by atoms with Crippen molar-refractivity contribution in [3.8, 4) is 5.75 Å². The van der Waals surface area contributed by atoms with Crippen LogP contribution in [0.4, 0.5) is 4.79 Å². The molecule has 2 unspecified atom stereocenters. The Hall–Kier alpha value is -1.71. The average Bonchev–Trinajstić information content (AvgIpc) is 2.70. The molecule has 1 saturated heterocycles. The Morgan fingerprint density at radius 3 is 2.75 bits per heavy atom. The standard InChI is InChI=1S/C20H30N2O2/c1-14-6-7-17(15(2)8-14)24-13-21-18(23)22-12-20(5)10-16(22)9-19(3,4)11-20/h6-8,16H,9-13H2,1-5H3,(H,21,23). The smallest absolute Gasteiger partial charge is 0.320 e. The lowest BCUT2D eigenvalue weighted by atomic mass is 9.65. The molecule has 1 aromatic carbocycles. The van der Waals surface area contributed by atoms with Gasteiger partial charge in [0, 0.05) is 12.6 Å². The van der Waals surface area contributed by atoms with Gasteiger partial charge in [0.05, 0.1) is 0 Å². The molecule has 1 aliphatic heterocycles. The third kappa shape index (κ3) is 3.52. The maximum absolute atomic E-state index is 12.6. The van der Waals surface area contributed by atoms with Crippen LogP contribution in [0.5, 0.6) is 5.75 Å². The van der Waals surface area contributed by atoms with Crippen LogP contribution in [0.2, 0.25) is 0 Å². The highest BCUT2D eigenvalue weighted by molar-refractivity contribution is 5.75. The summed E-state index contributed by atoms with van der Waals surface area (Å²) in [7, 11) is 0. The van der Waals surface area contributed by atoms with Crippen LogP contribution in [0.3, 0.4) is 0 Å². The van der Waals surface area contributed by atoms with Crippen LogP contribution in [0.15, 0.2) is 18.2 Å². The number of fused-ring (bicyclic) bond motifs is 2. The highest BCUT2D eigenvalue weighted by Gasteiger charge is 2.50. The number of likely N-dealkylation sites (tertiary alicyclic amines) is 1. The van der Waals surface area contributed by atoms with Gasteiger partial charge >= 0.3 is 6.03 Å². The summed E-state index contributed by atoms with van der Waals surface area (Å²) in [6.45, 7) is 12.1. The summed E-state index contributed by atoms with van der Waals surface area (Å²) in [5, 5.41) is 2.94. The van der Waals surface area contributed by atoms with E-state index in [1.165, 1.54) is 12.0 Å². The maximum Gasteiger partial charge on any atom is 0.320 e. The Morgan fingerprint density at radius 2 is 2.04 bits per heavy atom. The number of carbonyl (C=O) groups is 1. The molecule has 2 aliphatic rings. The van der Waals surface area contributed by atoms with Crippen LogP contribution in [0, 0.1) is 24.7 Å². The molecule has 2 bridgehead atoms. The SMILES string of the molecule is Cc1ccc(OCNC(=O)N2CC3(C)CC2CC(C)(C)C3)c(C)c1. The van der Waals surface area contributed by atoms with Gasteiger partial charge in [-0.25, -0.2) is 4.79 Å². The van der Waals surface area contributed by atoms with Gasteiger partial charge in [-0.05, 0) is 55.6 Å². The summed E-state index contributed by atoms with van der Waals surface area (Å²) < 4.78 is 5.74. The van der Waals surface area contributed by atoms with E-state index in [0.717, 1.165) is 30.7 Å². The second-order valence-corrected chi connectivity index (χ2v) is 8.88. The third-order valence-corrected chi connectivity index (χ3v) is 5.46. The second kappa shape index (κ2) is 5.98. The summed E-state index contributed by atoms with van der Waals surface area (Å²) in [5.41, 5.74) is 2.89. The molecule has 3 rings (SSSR count). The monoisotopic (exact) mass is 330 g/mol. The summed E-state index contributed by atoms with van der Waals surface area (Å²) >= 11 is 0. The Kier molecular flexibility index (Phi) is 4.27. The quantitative estimate of drug-likeness (QED) is 0.842. The fraction of sp³-hybridized carbons (Fsp3) is 0.650. The Labute approximate surface area is 145 Å². The first kappa shape index (κ1) is 17.1. The van der Waals surface area contributed by atoms with Gasteiger partial charge in [0.1, 0.15) is 5.75 Å². The number of benzene rings is 1. The van der Waals surface area contributed by atoms with Crippen LogP contribution in [-0.4, -0.2) is 30.2 Å². The molecule has 4 heteroatoms. The molecule has 0 aromatic heterocycles. The fourth-order valence-corrected chi connectivity index (χ4v) is 4.94. The van der Waals surface area contributed by atoms with Crippen molar-refractivity contribution in [2.75, 3.05) is 13.3 Å². The molecule has 4 nitrogen and oxygen atoms in total. The van der Waals surface area contributed by atoms with Gasteiger partial charge in [-0.3, -0.25) is 0 Å². The number of urea groups is 1. The number of nitrogens with zero attached hydrogens (tertiary/aromatic N) is 1. The van der Waals surface area contributed by atoms with Crippen LogP contribution >= 0.6 is 0 Å². The third-order valence-electron chi connectivity index (χ3n) is 5.46. The number of carbonyl (C=O) groups excluding carboxylic acids is 1. The number of rotatable bonds is 3. The summed E-state index contributed by atoms with van der Waals surface area (Å²) in [4.78, 5) is 14.6. The van der Waals surface area contributed by atoms with E-state index in [0.29, 0.717) is 11.5 Å². The molecule has 1 aliphatic carbocycles. The molecule has 2 atom stereocenters. The summed E-state index contributed by atoms with van der Waals surface area (Å²) in [6, 6.07) is 6.44. The molecular weight excluding hydrogens is 300 g/mol. The lowest BCUT2D eigenvalue weighted by Crippen LogP contribution is -2.44. The summed E-state index contributed by atoms with van der Waals surface area (Å²) in [5.74, 6) is 0.828. The topological polar surface area (TPSA) is 41.6 Å².